The summed E-state index contributed by atoms with van der Waals surface area (Å²) in [5.74, 6) is -2.02. The molecule has 172 valence electrons. The van der Waals surface area contributed by atoms with Gasteiger partial charge in [-0.25, -0.2) is 4.39 Å². The van der Waals surface area contributed by atoms with Crippen LogP contribution in [0.5, 0.6) is 0 Å². The van der Waals surface area contributed by atoms with Crippen LogP contribution in [0, 0.1) is 22.7 Å². The summed E-state index contributed by atoms with van der Waals surface area (Å²) in [6.45, 7) is 7.38. The van der Waals surface area contributed by atoms with Gasteiger partial charge in [-0.05, 0) is 57.9 Å². The highest BCUT2D eigenvalue weighted by atomic mass is 35.5. The van der Waals surface area contributed by atoms with Crippen molar-refractivity contribution in [2.75, 3.05) is 5.88 Å². The zero-order chi connectivity index (χ0) is 22.6. The number of ketones is 2. The smallest absolute Gasteiger partial charge is 0.182 e. The predicted octanol–water partition coefficient (Wildman–Crippen LogP) is 3.89. The maximum atomic E-state index is 17.2. The third-order valence-corrected chi connectivity index (χ3v) is 9.81. The third kappa shape index (κ3) is 2.43. The molecule has 0 spiro atoms. The number of hydrogen-bond acceptors (Lipinski definition) is 5. The highest BCUT2D eigenvalue weighted by molar-refractivity contribution is 6.29. The molecule has 4 fully saturated rings. The molecular formula is C24H32ClFO5. The fraction of sp³-hybridized carbons (Fsp3) is 0.833. The quantitative estimate of drug-likeness (QED) is 0.641. The van der Waals surface area contributed by atoms with Gasteiger partial charge in [-0.1, -0.05) is 19.4 Å². The fourth-order valence-electron chi connectivity index (χ4n) is 8.27. The minimum Gasteiger partial charge on any atom is -0.390 e. The van der Waals surface area contributed by atoms with Crippen LogP contribution in [0.1, 0.15) is 66.2 Å². The summed E-state index contributed by atoms with van der Waals surface area (Å²) in [4.78, 5) is 25.3. The largest absolute Gasteiger partial charge is 0.390 e. The van der Waals surface area contributed by atoms with E-state index in [0.29, 0.717) is 32.1 Å². The first kappa shape index (κ1) is 22.0. The van der Waals surface area contributed by atoms with Crippen LogP contribution in [0.15, 0.2) is 11.6 Å². The molecule has 1 saturated heterocycles. The first-order chi connectivity index (χ1) is 14.4. The van der Waals surface area contributed by atoms with Crippen molar-refractivity contribution < 1.29 is 28.6 Å². The second-order valence-corrected chi connectivity index (χ2v) is 11.5. The maximum absolute atomic E-state index is 17.2. The van der Waals surface area contributed by atoms with Crippen molar-refractivity contribution in [1.82, 2.24) is 0 Å². The van der Waals surface area contributed by atoms with Crippen molar-refractivity contribution in [3.63, 3.8) is 0 Å². The fourth-order valence-corrected chi connectivity index (χ4v) is 8.47. The van der Waals surface area contributed by atoms with E-state index in [1.165, 1.54) is 0 Å². The molecule has 0 aromatic heterocycles. The Morgan fingerprint density at radius 2 is 1.97 bits per heavy atom. The van der Waals surface area contributed by atoms with Crippen LogP contribution in [0.2, 0.25) is 0 Å². The summed E-state index contributed by atoms with van der Waals surface area (Å²) in [5.41, 5.74) is -4.00. The Hall–Kier alpha value is -0.820. The first-order valence-corrected chi connectivity index (χ1v) is 12.0. The molecule has 1 aliphatic heterocycles. The number of fused-ring (bicyclic) bond motifs is 7. The van der Waals surface area contributed by atoms with Gasteiger partial charge in [-0.2, -0.15) is 0 Å². The molecule has 8 atom stereocenters. The van der Waals surface area contributed by atoms with Crippen LogP contribution >= 0.6 is 11.6 Å². The van der Waals surface area contributed by atoms with Gasteiger partial charge in [-0.15, -0.1) is 11.6 Å². The number of hydrogen-bond donors (Lipinski definition) is 1. The lowest BCUT2D eigenvalue weighted by Gasteiger charge is -2.63. The van der Waals surface area contributed by atoms with E-state index in [4.69, 9.17) is 21.1 Å². The molecule has 0 amide bonds. The molecule has 4 aliphatic carbocycles. The summed E-state index contributed by atoms with van der Waals surface area (Å²) >= 11 is 6.05. The van der Waals surface area contributed by atoms with Crippen LogP contribution in [-0.2, 0) is 19.1 Å². The molecule has 7 heteroatoms. The lowest BCUT2D eigenvalue weighted by molar-refractivity contribution is -0.250. The Kier molecular flexibility index (Phi) is 4.54. The number of ether oxygens (including phenoxy) is 2. The Bertz CT molecular complexity index is 887. The summed E-state index contributed by atoms with van der Waals surface area (Å²) in [6, 6.07) is 0. The number of allylic oxidation sites excluding steroid dienone is 1. The monoisotopic (exact) mass is 454 g/mol. The molecule has 5 nitrogen and oxygen atoms in total. The number of aliphatic hydroxyl groups excluding tert-OH is 1. The Morgan fingerprint density at radius 1 is 1.26 bits per heavy atom. The standard InChI is InChI=1S/C24H32ClFO5/c1-20(2)30-19-10-16-15-6-5-13-9-14(27)7-8-21(13,3)23(15,26)17(28)11-22(16,4)24(19,31-20)18(29)12-25/h9,15-17,19,28H,5-8,10-12H2,1-4H3/t15-,16+,17-,19-,21+,22+,23-,24-/m1/s1. The van der Waals surface area contributed by atoms with Crippen LogP contribution in [0.25, 0.3) is 0 Å². The van der Waals surface area contributed by atoms with Crippen molar-refractivity contribution >= 4 is 23.2 Å². The molecular weight excluding hydrogens is 423 g/mol. The molecule has 0 aromatic rings. The minimum atomic E-state index is -1.86. The number of carbonyl (C=O) groups is 2. The van der Waals surface area contributed by atoms with Gasteiger partial charge < -0.3 is 14.6 Å². The molecule has 0 unspecified atom stereocenters. The van der Waals surface area contributed by atoms with Gasteiger partial charge in [0, 0.05) is 23.2 Å². The Balaban J connectivity index is 1.63. The van der Waals surface area contributed by atoms with Gasteiger partial charge in [-0.3, -0.25) is 9.59 Å². The SMILES string of the molecule is CC1(C)O[C@@H]2C[C@H]3[C@H]4CCC5=CC(=O)CC[C@]5(C)[C@]4(F)[C@H](O)C[C@]3(C)[C@]2(C(=O)CCl)O1. The van der Waals surface area contributed by atoms with Crippen molar-refractivity contribution in [3.05, 3.63) is 11.6 Å². The second-order valence-electron chi connectivity index (χ2n) is 11.3. The molecule has 5 rings (SSSR count). The van der Waals surface area contributed by atoms with E-state index in [2.05, 4.69) is 0 Å². The molecule has 0 aromatic carbocycles. The Morgan fingerprint density at radius 3 is 2.65 bits per heavy atom. The molecule has 0 bridgehead atoms. The highest BCUT2D eigenvalue weighted by Gasteiger charge is 2.80. The van der Waals surface area contributed by atoms with E-state index in [1.807, 2.05) is 13.8 Å². The van der Waals surface area contributed by atoms with E-state index in [1.54, 1.807) is 19.9 Å². The summed E-state index contributed by atoms with van der Waals surface area (Å²) < 4.78 is 29.7. The van der Waals surface area contributed by atoms with Gasteiger partial charge in [0.05, 0.1) is 18.1 Å². The van der Waals surface area contributed by atoms with E-state index >= 15 is 4.39 Å². The zero-order valence-electron chi connectivity index (χ0n) is 18.7. The third-order valence-electron chi connectivity index (χ3n) is 9.57. The maximum Gasteiger partial charge on any atom is 0.182 e. The van der Waals surface area contributed by atoms with Gasteiger partial charge in [0.15, 0.2) is 23.0 Å². The number of Topliss-reactive ketones (excluding diaryl/α,β-unsaturated/α-hetero) is 1. The molecule has 1 heterocycles. The molecule has 0 radical (unpaired) electrons. The number of rotatable bonds is 2. The van der Waals surface area contributed by atoms with Crippen LogP contribution in [0.3, 0.4) is 0 Å². The lowest BCUT2D eigenvalue weighted by atomic mass is 9.44. The van der Waals surface area contributed by atoms with Crippen molar-refractivity contribution in [1.29, 1.82) is 0 Å². The number of halogens is 2. The average molecular weight is 455 g/mol. The summed E-state index contributed by atoms with van der Waals surface area (Å²) in [5, 5.41) is 11.4. The average Bonchev–Trinajstić information content (AvgIpc) is 3.09. The predicted molar refractivity (Wildman–Crippen MR) is 112 cm³/mol. The molecule has 31 heavy (non-hydrogen) atoms. The number of aliphatic hydroxyl groups is 1. The lowest BCUT2D eigenvalue weighted by Crippen LogP contribution is -2.70. The molecule has 3 saturated carbocycles. The van der Waals surface area contributed by atoms with E-state index in [0.717, 1.165) is 5.57 Å². The second kappa shape index (κ2) is 6.40. The number of alkyl halides is 2. The van der Waals surface area contributed by atoms with Gasteiger partial charge in [0.25, 0.3) is 0 Å². The van der Waals surface area contributed by atoms with Crippen LogP contribution in [-0.4, -0.2) is 51.8 Å². The summed E-state index contributed by atoms with van der Waals surface area (Å²) in [7, 11) is 0. The van der Waals surface area contributed by atoms with E-state index < -0.39 is 46.0 Å². The van der Waals surface area contributed by atoms with E-state index in [9.17, 15) is 14.7 Å². The molecule has 1 N–H and O–H groups in total. The van der Waals surface area contributed by atoms with Crippen molar-refractivity contribution in [3.8, 4) is 0 Å². The van der Waals surface area contributed by atoms with Gasteiger partial charge >= 0.3 is 0 Å². The topological polar surface area (TPSA) is 72.8 Å². The highest BCUT2D eigenvalue weighted by Crippen LogP contribution is 2.72. The van der Waals surface area contributed by atoms with Crippen molar-refractivity contribution in [2.24, 2.45) is 22.7 Å². The van der Waals surface area contributed by atoms with Gasteiger partial charge in [0.2, 0.25) is 0 Å². The normalized spacial score (nSPS) is 52.6. The minimum absolute atomic E-state index is 0.0377. The zero-order valence-corrected chi connectivity index (χ0v) is 19.4. The molecule has 5 aliphatic rings. The summed E-state index contributed by atoms with van der Waals surface area (Å²) in [6.07, 6.45) is 2.28. The van der Waals surface area contributed by atoms with Gasteiger partial charge in [0.1, 0.15) is 5.67 Å². The van der Waals surface area contributed by atoms with Crippen molar-refractivity contribution in [2.45, 2.75) is 95.5 Å². The van der Waals surface area contributed by atoms with E-state index in [-0.39, 0.29) is 29.8 Å². The Labute approximate surface area is 187 Å². The number of carbonyl (C=O) groups excluding carboxylic acids is 2. The van der Waals surface area contributed by atoms with Crippen LogP contribution in [0.4, 0.5) is 4.39 Å². The van der Waals surface area contributed by atoms with Crippen LogP contribution < -0.4 is 0 Å². The first-order valence-electron chi connectivity index (χ1n) is 11.4.